The van der Waals surface area contributed by atoms with Crippen LogP contribution in [0.5, 0.6) is 0 Å². The summed E-state index contributed by atoms with van der Waals surface area (Å²) < 4.78 is 1.25. The van der Waals surface area contributed by atoms with E-state index in [1.165, 1.54) is 10.3 Å². The number of hydrogen-bond donors (Lipinski definition) is 1. The van der Waals surface area contributed by atoms with Gasteiger partial charge in [0.25, 0.3) is 0 Å². The van der Waals surface area contributed by atoms with E-state index in [4.69, 9.17) is 4.98 Å². The van der Waals surface area contributed by atoms with Crippen molar-refractivity contribution in [3.8, 4) is 0 Å². The number of hydrogen-bond acceptors (Lipinski definition) is 4. The molecule has 0 bridgehead atoms. The molecule has 1 unspecified atom stereocenters. The molecule has 1 atom stereocenters. The van der Waals surface area contributed by atoms with E-state index in [-0.39, 0.29) is 6.10 Å². The lowest BCUT2D eigenvalue weighted by Crippen LogP contribution is -2.38. The van der Waals surface area contributed by atoms with Crippen molar-refractivity contribution in [3.05, 3.63) is 23.8 Å². The highest BCUT2D eigenvalue weighted by molar-refractivity contribution is 7.22. The Morgan fingerprint density at radius 3 is 3.17 bits per heavy atom. The monoisotopic (exact) mass is 262 g/mol. The van der Waals surface area contributed by atoms with Crippen LogP contribution in [0.25, 0.3) is 10.2 Å². The first-order chi connectivity index (χ1) is 8.78. The van der Waals surface area contributed by atoms with Crippen molar-refractivity contribution in [1.29, 1.82) is 0 Å². The Bertz CT molecular complexity index is 552. The molecule has 96 valence electrons. The first kappa shape index (κ1) is 11.9. The molecule has 1 aliphatic rings. The maximum Gasteiger partial charge on any atom is 0.186 e. The number of piperidine rings is 1. The third-order valence-electron chi connectivity index (χ3n) is 3.54. The zero-order valence-corrected chi connectivity index (χ0v) is 11.4. The minimum absolute atomic E-state index is 0.198. The van der Waals surface area contributed by atoms with Gasteiger partial charge in [-0.25, -0.2) is 4.98 Å². The number of aryl methyl sites for hydroxylation is 1. The summed E-state index contributed by atoms with van der Waals surface area (Å²) in [7, 11) is 0. The average Bonchev–Trinajstić information content (AvgIpc) is 2.82. The second-order valence-corrected chi connectivity index (χ2v) is 5.87. The van der Waals surface area contributed by atoms with Crippen LogP contribution in [0.2, 0.25) is 0 Å². The number of rotatable bonds is 2. The summed E-state index contributed by atoms with van der Waals surface area (Å²) in [6.45, 7) is 3.90. The number of thiazole rings is 1. The Morgan fingerprint density at radius 1 is 1.50 bits per heavy atom. The fourth-order valence-electron chi connectivity index (χ4n) is 2.54. The van der Waals surface area contributed by atoms with E-state index >= 15 is 0 Å². The van der Waals surface area contributed by atoms with E-state index in [1.807, 2.05) is 0 Å². The van der Waals surface area contributed by atoms with Crippen molar-refractivity contribution in [2.45, 2.75) is 32.3 Å². The molecule has 1 aliphatic heterocycles. The summed E-state index contributed by atoms with van der Waals surface area (Å²) in [6, 6.07) is 6.39. The second-order valence-electron chi connectivity index (χ2n) is 4.86. The molecule has 18 heavy (non-hydrogen) atoms. The summed E-state index contributed by atoms with van der Waals surface area (Å²) in [5, 5.41) is 10.8. The minimum atomic E-state index is -0.198. The Hall–Kier alpha value is -1.13. The molecule has 1 aromatic heterocycles. The molecule has 4 heteroatoms. The number of nitrogens with zero attached hydrogens (tertiary/aromatic N) is 2. The highest BCUT2D eigenvalue weighted by Gasteiger charge is 2.20. The van der Waals surface area contributed by atoms with Gasteiger partial charge in [-0.2, -0.15) is 0 Å². The Labute approximate surface area is 111 Å². The van der Waals surface area contributed by atoms with E-state index in [2.05, 4.69) is 30.0 Å². The van der Waals surface area contributed by atoms with Crippen molar-refractivity contribution >= 4 is 26.7 Å². The van der Waals surface area contributed by atoms with Crippen LogP contribution < -0.4 is 4.90 Å². The minimum Gasteiger partial charge on any atom is -0.391 e. The van der Waals surface area contributed by atoms with Crippen LogP contribution >= 0.6 is 11.3 Å². The fourth-order valence-corrected chi connectivity index (χ4v) is 3.59. The quantitative estimate of drug-likeness (QED) is 0.904. The SMILES string of the molecule is CCc1cccc2sc(N3CCCC(O)C3)nc12. The number of anilines is 1. The van der Waals surface area contributed by atoms with E-state index in [0.717, 1.165) is 43.0 Å². The lowest BCUT2D eigenvalue weighted by molar-refractivity contribution is 0.154. The van der Waals surface area contributed by atoms with Crippen LogP contribution in [-0.4, -0.2) is 29.3 Å². The summed E-state index contributed by atoms with van der Waals surface area (Å²) in [6.07, 6.45) is 2.79. The van der Waals surface area contributed by atoms with Gasteiger partial charge in [0, 0.05) is 13.1 Å². The summed E-state index contributed by atoms with van der Waals surface area (Å²) in [4.78, 5) is 7.00. The van der Waals surface area contributed by atoms with E-state index in [1.54, 1.807) is 11.3 Å². The average molecular weight is 262 g/mol. The molecule has 0 radical (unpaired) electrons. The van der Waals surface area contributed by atoms with Gasteiger partial charge in [-0.15, -0.1) is 0 Å². The molecule has 2 heterocycles. The van der Waals surface area contributed by atoms with Crippen LogP contribution in [0, 0.1) is 0 Å². The van der Waals surface area contributed by atoms with Gasteiger partial charge in [-0.1, -0.05) is 30.4 Å². The number of fused-ring (bicyclic) bond motifs is 1. The molecule has 1 fully saturated rings. The van der Waals surface area contributed by atoms with Crippen molar-refractivity contribution in [2.75, 3.05) is 18.0 Å². The van der Waals surface area contributed by atoms with Gasteiger partial charge in [-0.3, -0.25) is 0 Å². The smallest absolute Gasteiger partial charge is 0.186 e. The summed E-state index contributed by atoms with van der Waals surface area (Å²) in [5.41, 5.74) is 2.45. The maximum atomic E-state index is 9.75. The summed E-state index contributed by atoms with van der Waals surface area (Å²) >= 11 is 1.74. The van der Waals surface area contributed by atoms with E-state index in [9.17, 15) is 5.11 Å². The molecule has 3 nitrogen and oxygen atoms in total. The van der Waals surface area contributed by atoms with Gasteiger partial charge in [0.2, 0.25) is 0 Å². The standard InChI is InChI=1S/C14H18N2OS/c1-2-10-5-3-7-12-13(10)15-14(18-12)16-8-4-6-11(17)9-16/h3,5,7,11,17H,2,4,6,8-9H2,1H3. The topological polar surface area (TPSA) is 36.4 Å². The van der Waals surface area contributed by atoms with E-state index in [0.29, 0.717) is 0 Å². The normalized spacial score (nSPS) is 20.6. The number of aromatic nitrogens is 1. The highest BCUT2D eigenvalue weighted by atomic mass is 32.1. The molecule has 2 aromatic rings. The van der Waals surface area contributed by atoms with E-state index < -0.39 is 0 Å². The number of para-hydroxylation sites is 1. The van der Waals surface area contributed by atoms with Crippen molar-refractivity contribution in [1.82, 2.24) is 4.98 Å². The molecule has 3 rings (SSSR count). The van der Waals surface area contributed by atoms with Crippen LogP contribution in [0.4, 0.5) is 5.13 Å². The molecular weight excluding hydrogens is 244 g/mol. The zero-order chi connectivity index (χ0) is 12.5. The van der Waals surface area contributed by atoms with Crippen LogP contribution in [0.3, 0.4) is 0 Å². The third kappa shape index (κ3) is 2.10. The van der Waals surface area contributed by atoms with Gasteiger partial charge in [0.1, 0.15) is 0 Å². The van der Waals surface area contributed by atoms with Gasteiger partial charge < -0.3 is 10.0 Å². The van der Waals surface area contributed by atoms with Crippen LogP contribution in [0.15, 0.2) is 18.2 Å². The predicted octanol–water partition coefficient (Wildman–Crippen LogP) is 2.82. The Balaban J connectivity index is 1.97. The molecule has 1 saturated heterocycles. The molecule has 0 saturated carbocycles. The third-order valence-corrected chi connectivity index (χ3v) is 4.62. The first-order valence-corrected chi connectivity index (χ1v) is 7.41. The number of benzene rings is 1. The lowest BCUT2D eigenvalue weighted by atomic mass is 10.1. The largest absolute Gasteiger partial charge is 0.391 e. The zero-order valence-electron chi connectivity index (χ0n) is 10.6. The Kier molecular flexibility index (Phi) is 3.22. The number of aliphatic hydroxyl groups excluding tert-OH is 1. The van der Waals surface area contributed by atoms with Gasteiger partial charge >= 0.3 is 0 Å². The van der Waals surface area contributed by atoms with Gasteiger partial charge in [-0.05, 0) is 30.9 Å². The molecule has 0 aliphatic carbocycles. The maximum absolute atomic E-state index is 9.75. The lowest BCUT2D eigenvalue weighted by Gasteiger charge is -2.29. The molecule has 1 N–H and O–H groups in total. The predicted molar refractivity (Wildman–Crippen MR) is 76.5 cm³/mol. The Morgan fingerprint density at radius 2 is 2.39 bits per heavy atom. The number of β-amino-alcohol motifs (C(OH)–C–C–N with tert-alkyl or cyclic N) is 1. The van der Waals surface area contributed by atoms with Gasteiger partial charge in [0.15, 0.2) is 5.13 Å². The second kappa shape index (κ2) is 4.86. The fraction of sp³-hybridized carbons (Fsp3) is 0.500. The highest BCUT2D eigenvalue weighted by Crippen LogP contribution is 2.32. The molecule has 0 spiro atoms. The molecule has 1 aromatic carbocycles. The van der Waals surface area contributed by atoms with Crippen molar-refractivity contribution < 1.29 is 5.11 Å². The van der Waals surface area contributed by atoms with Crippen molar-refractivity contribution in [2.24, 2.45) is 0 Å². The van der Waals surface area contributed by atoms with Crippen molar-refractivity contribution in [3.63, 3.8) is 0 Å². The van der Waals surface area contributed by atoms with Crippen LogP contribution in [0.1, 0.15) is 25.3 Å². The van der Waals surface area contributed by atoms with Crippen LogP contribution in [-0.2, 0) is 6.42 Å². The number of aliphatic hydroxyl groups is 1. The first-order valence-electron chi connectivity index (χ1n) is 6.59. The van der Waals surface area contributed by atoms with Gasteiger partial charge in [0.05, 0.1) is 16.3 Å². The molecule has 0 amide bonds. The molecular formula is C14H18N2OS. The summed E-state index contributed by atoms with van der Waals surface area (Å²) in [5.74, 6) is 0.